The van der Waals surface area contributed by atoms with Gasteiger partial charge in [-0.3, -0.25) is 5.10 Å². The highest BCUT2D eigenvalue weighted by molar-refractivity contribution is 6.60. The molecule has 0 atom stereocenters. The third-order valence-corrected chi connectivity index (χ3v) is 9.31. The molecule has 0 aliphatic rings. The van der Waals surface area contributed by atoms with Gasteiger partial charge >= 0.3 is 14.2 Å². The molecule has 8 aromatic rings. The Bertz CT molecular complexity index is 2710. The van der Waals surface area contributed by atoms with Crippen LogP contribution in [0.3, 0.4) is 0 Å². The lowest BCUT2D eigenvalue weighted by Gasteiger charge is -2.16. The highest BCUT2D eigenvalue weighted by Gasteiger charge is 2.24. The van der Waals surface area contributed by atoms with Crippen LogP contribution in [0.15, 0.2) is 97.7 Å². The van der Waals surface area contributed by atoms with E-state index in [0.717, 1.165) is 21.9 Å². The summed E-state index contributed by atoms with van der Waals surface area (Å²) in [6, 6.07) is 19.6. The number of rotatable bonds is 12. The van der Waals surface area contributed by atoms with Crippen LogP contribution in [0.25, 0.3) is 61.0 Å². The number of aromatic amines is 1. The summed E-state index contributed by atoms with van der Waals surface area (Å²) in [6.07, 6.45) is 7.95. The average Bonchev–Trinajstić information content (AvgIpc) is 3.93. The van der Waals surface area contributed by atoms with E-state index in [1.54, 1.807) is 53.7 Å². The molecule has 4 heterocycles. The zero-order chi connectivity index (χ0) is 38.9. The van der Waals surface area contributed by atoms with Gasteiger partial charge in [-0.05, 0) is 59.2 Å². The summed E-state index contributed by atoms with van der Waals surface area (Å²) in [5.41, 5.74) is 13.5. The lowest BCUT2D eigenvalue weighted by molar-refractivity contribution is 0.347. The number of methoxy groups -OCH3 is 2. The number of fused-ring (bicyclic) bond motifs is 2. The number of benzene rings is 4. The minimum absolute atomic E-state index is 0.0467. The molecule has 0 saturated heterocycles. The van der Waals surface area contributed by atoms with Crippen LogP contribution >= 0.6 is 0 Å². The molecule has 4 aromatic heterocycles. The van der Waals surface area contributed by atoms with Crippen LogP contribution in [0.4, 0.5) is 11.4 Å². The van der Waals surface area contributed by atoms with Crippen LogP contribution in [0.1, 0.15) is 0 Å². The number of nitrogens with one attached hydrogen (secondary N) is 2. The fraction of sp³-hybridized carbons (Fsp3) is 0.0811. The van der Waals surface area contributed by atoms with Gasteiger partial charge < -0.3 is 45.4 Å². The molecule has 0 aliphatic heterocycles. The quantitative estimate of drug-likeness (QED) is 0.0697. The SMILES string of the molecule is COc1cc(-c2ccn[nH]2)c(-c2ccc3c(NCOc4cnn(-c5cc(OC)c(B(O)O)cc5-c5ccc6c(N)cnnc6c5)c4)cnnc3c2)cc1B(O)O. The van der Waals surface area contributed by atoms with E-state index < -0.39 is 14.2 Å². The van der Waals surface area contributed by atoms with Crippen molar-refractivity contribution in [3.63, 3.8) is 0 Å². The van der Waals surface area contributed by atoms with E-state index in [9.17, 15) is 20.1 Å². The number of ether oxygens (including phenoxy) is 3. The monoisotopic (exact) mass is 750 g/mol. The highest BCUT2D eigenvalue weighted by atomic mass is 16.5. The lowest BCUT2D eigenvalue weighted by atomic mass is 9.77. The van der Waals surface area contributed by atoms with Gasteiger partial charge in [0.15, 0.2) is 12.5 Å². The largest absolute Gasteiger partial charge is 0.497 e. The predicted molar refractivity (Wildman–Crippen MR) is 211 cm³/mol. The summed E-state index contributed by atoms with van der Waals surface area (Å²) in [6.45, 7) is 0.0467. The zero-order valence-electron chi connectivity index (χ0n) is 29.8. The molecular formula is C37H32B2N10O7. The maximum absolute atomic E-state index is 10.2. The molecule has 0 spiro atoms. The van der Waals surface area contributed by atoms with Crippen molar-refractivity contribution in [1.29, 1.82) is 0 Å². The Morgan fingerprint density at radius 2 is 1.41 bits per heavy atom. The van der Waals surface area contributed by atoms with Crippen molar-refractivity contribution in [3.05, 3.63) is 97.7 Å². The van der Waals surface area contributed by atoms with Gasteiger partial charge in [0, 0.05) is 45.1 Å². The Kier molecular flexibility index (Phi) is 9.63. The summed E-state index contributed by atoms with van der Waals surface area (Å²) < 4.78 is 18.6. The van der Waals surface area contributed by atoms with Gasteiger partial charge in [0.05, 0.1) is 72.8 Å². The number of hydrogen-bond acceptors (Lipinski definition) is 15. The van der Waals surface area contributed by atoms with Crippen LogP contribution in [0.5, 0.6) is 17.2 Å². The van der Waals surface area contributed by atoms with E-state index in [1.165, 1.54) is 20.4 Å². The number of nitrogens with zero attached hydrogens (tertiary/aromatic N) is 7. The van der Waals surface area contributed by atoms with Gasteiger partial charge in [0.2, 0.25) is 0 Å². The summed E-state index contributed by atoms with van der Waals surface area (Å²) in [5, 5.41) is 73.5. The molecule has 0 radical (unpaired) electrons. The van der Waals surface area contributed by atoms with E-state index in [1.807, 2.05) is 42.5 Å². The Balaban J connectivity index is 1.06. The van der Waals surface area contributed by atoms with Crippen LogP contribution in [-0.2, 0) is 0 Å². The first-order valence-corrected chi connectivity index (χ1v) is 17.1. The smallest absolute Gasteiger partial charge is 0.492 e. The molecule has 56 heavy (non-hydrogen) atoms. The van der Waals surface area contributed by atoms with E-state index in [-0.39, 0.29) is 23.4 Å². The minimum atomic E-state index is -1.79. The van der Waals surface area contributed by atoms with Crippen LogP contribution < -0.4 is 36.2 Å². The molecule has 0 amide bonds. The van der Waals surface area contributed by atoms with Crippen LogP contribution in [0, 0.1) is 0 Å². The fourth-order valence-electron chi connectivity index (χ4n) is 6.56. The van der Waals surface area contributed by atoms with Gasteiger partial charge in [-0.2, -0.15) is 30.6 Å². The van der Waals surface area contributed by atoms with Crippen molar-refractivity contribution < 1.29 is 34.3 Å². The molecule has 17 nitrogen and oxygen atoms in total. The summed E-state index contributed by atoms with van der Waals surface area (Å²) in [5.74, 6) is 1.00. The molecule has 278 valence electrons. The van der Waals surface area contributed by atoms with Crippen LogP contribution in [0.2, 0.25) is 0 Å². The predicted octanol–water partition coefficient (Wildman–Crippen LogP) is 1.89. The molecule has 19 heteroatoms. The van der Waals surface area contributed by atoms with Crippen molar-refractivity contribution >= 4 is 58.3 Å². The van der Waals surface area contributed by atoms with E-state index in [0.29, 0.717) is 62.0 Å². The molecule has 4 aromatic carbocycles. The Hall–Kier alpha value is -7.05. The first-order valence-electron chi connectivity index (χ1n) is 17.1. The first kappa shape index (κ1) is 36.0. The maximum atomic E-state index is 10.2. The van der Waals surface area contributed by atoms with E-state index in [2.05, 4.69) is 41.0 Å². The molecule has 0 fully saturated rings. The van der Waals surface area contributed by atoms with Gasteiger partial charge in [-0.25, -0.2) is 4.68 Å². The molecule has 0 saturated carbocycles. The van der Waals surface area contributed by atoms with Gasteiger partial charge in [0.25, 0.3) is 0 Å². The van der Waals surface area contributed by atoms with E-state index in [4.69, 9.17) is 19.9 Å². The molecule has 0 unspecified atom stereocenters. The Morgan fingerprint density at radius 3 is 2.11 bits per heavy atom. The number of H-pyrrole nitrogens is 1. The highest BCUT2D eigenvalue weighted by Crippen LogP contribution is 2.36. The third-order valence-electron chi connectivity index (χ3n) is 9.31. The van der Waals surface area contributed by atoms with Gasteiger partial charge in [0.1, 0.15) is 11.5 Å². The first-order chi connectivity index (χ1) is 27.2. The van der Waals surface area contributed by atoms with Crippen molar-refractivity contribution in [2.24, 2.45) is 0 Å². The number of nitrogen functional groups attached to an aromatic ring is 1. The zero-order valence-corrected chi connectivity index (χ0v) is 29.8. The fourth-order valence-corrected chi connectivity index (χ4v) is 6.56. The number of hydrogen-bond donors (Lipinski definition) is 7. The average molecular weight is 750 g/mol. The Morgan fingerprint density at radius 1 is 0.750 bits per heavy atom. The second-order valence-electron chi connectivity index (χ2n) is 12.6. The second kappa shape index (κ2) is 15.0. The molecular weight excluding hydrogens is 718 g/mol. The van der Waals surface area contributed by atoms with Gasteiger partial charge in [-0.15, -0.1) is 0 Å². The van der Waals surface area contributed by atoms with Crippen molar-refractivity contribution in [2.75, 3.05) is 32.0 Å². The van der Waals surface area contributed by atoms with E-state index >= 15 is 0 Å². The molecule has 0 aliphatic carbocycles. The maximum Gasteiger partial charge on any atom is 0.492 e. The topological polar surface area (TPSA) is 245 Å². The minimum Gasteiger partial charge on any atom is -0.497 e. The summed E-state index contributed by atoms with van der Waals surface area (Å²) in [4.78, 5) is 0. The molecule has 0 bridgehead atoms. The molecule has 8 N–H and O–H groups in total. The number of aromatic nitrogens is 8. The van der Waals surface area contributed by atoms with Crippen molar-refractivity contribution in [2.45, 2.75) is 0 Å². The second-order valence-corrected chi connectivity index (χ2v) is 12.6. The number of anilines is 2. The van der Waals surface area contributed by atoms with Crippen LogP contribution in [-0.4, -0.2) is 95.7 Å². The van der Waals surface area contributed by atoms with Crippen molar-refractivity contribution in [1.82, 2.24) is 40.4 Å². The summed E-state index contributed by atoms with van der Waals surface area (Å²) in [7, 11) is -0.645. The third kappa shape index (κ3) is 6.78. The standard InChI is InChI=1S/C37H32B2N10O7/c1-54-36-13-27(31-7-8-42-46-31)25(11-28(36)38(50)51)20-4-6-24-33(9-20)48-44-17-34(24)41-19-56-22-15-45-49(18-22)35-14-37(55-2)29(39(52)53)12-26(35)21-3-5-23-30(40)16-43-47-32(23)10-21/h3-18,50-53H,19H2,1-2H3,(H2,40,47)(H,41,48)(H,42,46). The summed E-state index contributed by atoms with van der Waals surface area (Å²) >= 11 is 0. The van der Waals surface area contributed by atoms with Gasteiger partial charge in [-0.1, -0.05) is 18.2 Å². The lowest BCUT2D eigenvalue weighted by Crippen LogP contribution is -2.31. The number of nitrogens with two attached hydrogens (primary N) is 1. The Labute approximate surface area is 318 Å². The normalized spacial score (nSPS) is 11.2. The molecule has 8 rings (SSSR count). The van der Waals surface area contributed by atoms with Crippen molar-refractivity contribution in [3.8, 4) is 56.4 Å².